The molecule has 4 nitrogen and oxygen atoms in total. The van der Waals surface area contributed by atoms with Crippen LogP contribution in [0, 0.1) is 5.92 Å². The van der Waals surface area contributed by atoms with Crippen LogP contribution in [0.4, 0.5) is 8.78 Å². The van der Waals surface area contributed by atoms with E-state index >= 15 is 0 Å². The van der Waals surface area contributed by atoms with Crippen LogP contribution in [0.25, 0.3) is 0 Å². The normalized spacial score (nSPS) is 20.3. The molecule has 94 valence electrons. The van der Waals surface area contributed by atoms with Crippen LogP contribution in [0.2, 0.25) is 0 Å². The highest BCUT2D eigenvalue weighted by Gasteiger charge is 2.14. The number of hydrogen-bond donors (Lipinski definition) is 2. The Morgan fingerprint density at radius 2 is 2.38 bits per heavy atom. The molecule has 1 unspecified atom stereocenters. The number of alkyl halides is 2. The maximum Gasteiger partial charge on any atom is 0.261 e. The minimum Gasteiger partial charge on any atom is -0.375 e. The first-order chi connectivity index (χ1) is 7.68. The molecule has 0 radical (unpaired) electrons. The predicted molar refractivity (Wildman–Crippen MR) is 55.4 cm³/mol. The molecule has 2 N–H and O–H groups in total. The fourth-order valence-electron chi connectivity index (χ4n) is 1.57. The van der Waals surface area contributed by atoms with E-state index in [4.69, 9.17) is 0 Å². The van der Waals surface area contributed by atoms with E-state index in [-0.39, 0.29) is 18.9 Å². The number of carbonyl (C=O) groups is 1. The average molecular weight is 236 g/mol. The van der Waals surface area contributed by atoms with Gasteiger partial charge in [0.1, 0.15) is 6.61 Å². The molecule has 0 aromatic rings. The Morgan fingerprint density at radius 1 is 1.56 bits per heavy atom. The summed E-state index contributed by atoms with van der Waals surface area (Å²) in [6, 6.07) is 0. The lowest BCUT2D eigenvalue weighted by Gasteiger charge is -2.10. The van der Waals surface area contributed by atoms with E-state index in [1.54, 1.807) is 0 Å². The number of carbonyl (C=O) groups excluding carboxylic acids is 1. The van der Waals surface area contributed by atoms with Crippen LogP contribution in [-0.4, -0.2) is 45.2 Å². The first-order valence-electron chi connectivity index (χ1n) is 5.52. The van der Waals surface area contributed by atoms with Gasteiger partial charge in [-0.15, -0.1) is 0 Å². The van der Waals surface area contributed by atoms with Gasteiger partial charge in [0.2, 0.25) is 5.91 Å². The Hall–Kier alpha value is -0.750. The van der Waals surface area contributed by atoms with Crippen molar-refractivity contribution in [2.45, 2.75) is 19.3 Å². The third kappa shape index (κ3) is 5.97. The van der Waals surface area contributed by atoms with E-state index < -0.39 is 13.0 Å². The van der Waals surface area contributed by atoms with Gasteiger partial charge in [0.05, 0.1) is 6.61 Å². The number of amides is 1. The number of ether oxygens (including phenoxy) is 1. The van der Waals surface area contributed by atoms with E-state index in [9.17, 15) is 13.6 Å². The summed E-state index contributed by atoms with van der Waals surface area (Å²) in [5.41, 5.74) is 0. The second-order valence-corrected chi connectivity index (χ2v) is 3.88. The van der Waals surface area contributed by atoms with Crippen LogP contribution < -0.4 is 10.6 Å². The van der Waals surface area contributed by atoms with Gasteiger partial charge in [-0.3, -0.25) is 4.79 Å². The van der Waals surface area contributed by atoms with Crippen LogP contribution >= 0.6 is 0 Å². The van der Waals surface area contributed by atoms with E-state index in [0.717, 1.165) is 19.5 Å². The summed E-state index contributed by atoms with van der Waals surface area (Å²) in [6.45, 7) is 2.04. The maximum atomic E-state index is 11.7. The number of rotatable bonds is 7. The summed E-state index contributed by atoms with van der Waals surface area (Å²) in [5.74, 6) is 0.354. The van der Waals surface area contributed by atoms with Crippen molar-refractivity contribution in [3.8, 4) is 0 Å². The third-order valence-electron chi connectivity index (χ3n) is 2.47. The van der Waals surface area contributed by atoms with Gasteiger partial charge in [-0.1, -0.05) is 0 Å². The molecule has 0 spiro atoms. The average Bonchev–Trinajstić information content (AvgIpc) is 2.74. The van der Waals surface area contributed by atoms with Crippen molar-refractivity contribution in [3.05, 3.63) is 0 Å². The molecule has 1 heterocycles. The zero-order chi connectivity index (χ0) is 11.8. The highest BCUT2D eigenvalue weighted by molar-refractivity contribution is 5.75. The Morgan fingerprint density at radius 3 is 3.00 bits per heavy atom. The molecule has 0 aromatic carbocycles. The van der Waals surface area contributed by atoms with E-state index in [1.807, 2.05) is 0 Å². The first kappa shape index (κ1) is 13.3. The summed E-state index contributed by atoms with van der Waals surface area (Å²) >= 11 is 0. The van der Waals surface area contributed by atoms with Gasteiger partial charge in [-0.2, -0.15) is 0 Å². The van der Waals surface area contributed by atoms with Gasteiger partial charge in [-0.25, -0.2) is 8.78 Å². The van der Waals surface area contributed by atoms with Crippen LogP contribution in [0.15, 0.2) is 0 Å². The van der Waals surface area contributed by atoms with Crippen molar-refractivity contribution in [2.75, 3.05) is 32.8 Å². The minimum atomic E-state index is -2.47. The topological polar surface area (TPSA) is 50.4 Å². The van der Waals surface area contributed by atoms with Crippen molar-refractivity contribution < 1.29 is 18.3 Å². The Labute approximate surface area is 93.7 Å². The van der Waals surface area contributed by atoms with Crippen LogP contribution in [0.1, 0.15) is 12.8 Å². The van der Waals surface area contributed by atoms with Gasteiger partial charge < -0.3 is 15.4 Å². The van der Waals surface area contributed by atoms with Crippen molar-refractivity contribution in [2.24, 2.45) is 5.92 Å². The van der Waals surface area contributed by atoms with Gasteiger partial charge in [0.15, 0.2) is 0 Å². The molecule has 1 aliphatic heterocycles. The summed E-state index contributed by atoms with van der Waals surface area (Å²) in [6.07, 6.45) is -1.25. The van der Waals surface area contributed by atoms with Crippen molar-refractivity contribution in [3.63, 3.8) is 0 Å². The third-order valence-corrected chi connectivity index (χ3v) is 2.47. The lowest BCUT2D eigenvalue weighted by molar-refractivity contribution is -0.122. The Kier molecular flexibility index (Phi) is 6.25. The van der Waals surface area contributed by atoms with Crippen molar-refractivity contribution >= 4 is 5.91 Å². The van der Waals surface area contributed by atoms with Gasteiger partial charge in [0, 0.05) is 13.0 Å². The highest BCUT2D eigenvalue weighted by atomic mass is 19.3. The molecule has 1 atom stereocenters. The second kappa shape index (κ2) is 7.51. The first-order valence-corrected chi connectivity index (χ1v) is 5.52. The van der Waals surface area contributed by atoms with Gasteiger partial charge >= 0.3 is 0 Å². The number of hydrogen-bond acceptors (Lipinski definition) is 3. The fourth-order valence-corrected chi connectivity index (χ4v) is 1.57. The molecule has 1 saturated heterocycles. The predicted octanol–water partition coefficient (Wildman–Crippen LogP) is 0.384. The molecule has 0 bridgehead atoms. The minimum absolute atomic E-state index is 0.0547. The van der Waals surface area contributed by atoms with Crippen LogP contribution in [-0.2, 0) is 9.53 Å². The SMILES string of the molecule is O=C(CCOCC(F)F)NCC1CCNC1. The standard InChI is InChI=1S/C10H18F2N2O2/c11-9(12)7-16-4-2-10(15)14-6-8-1-3-13-5-8/h8-9,13H,1-7H2,(H,14,15). The maximum absolute atomic E-state index is 11.7. The summed E-state index contributed by atoms with van der Waals surface area (Å²) in [7, 11) is 0. The Balaban J connectivity index is 1.94. The van der Waals surface area contributed by atoms with Crippen LogP contribution in [0.3, 0.4) is 0 Å². The summed E-state index contributed by atoms with van der Waals surface area (Å²) in [5, 5.41) is 5.97. The molecule has 1 amide bonds. The second-order valence-electron chi connectivity index (χ2n) is 3.88. The number of halogens is 2. The lowest BCUT2D eigenvalue weighted by atomic mass is 10.1. The smallest absolute Gasteiger partial charge is 0.261 e. The molecule has 16 heavy (non-hydrogen) atoms. The largest absolute Gasteiger partial charge is 0.375 e. The molecule has 0 aliphatic carbocycles. The zero-order valence-corrected chi connectivity index (χ0v) is 9.18. The quantitative estimate of drug-likeness (QED) is 0.628. The molecule has 1 rings (SSSR count). The zero-order valence-electron chi connectivity index (χ0n) is 9.18. The lowest BCUT2D eigenvalue weighted by Crippen LogP contribution is -2.30. The van der Waals surface area contributed by atoms with Gasteiger partial charge in [0.25, 0.3) is 6.43 Å². The van der Waals surface area contributed by atoms with Crippen LogP contribution in [0.5, 0.6) is 0 Å². The molecule has 6 heteroatoms. The molecular weight excluding hydrogens is 218 g/mol. The molecule has 1 fully saturated rings. The monoisotopic (exact) mass is 236 g/mol. The molecule has 1 aliphatic rings. The van der Waals surface area contributed by atoms with Gasteiger partial charge in [-0.05, 0) is 25.4 Å². The van der Waals surface area contributed by atoms with E-state index in [0.29, 0.717) is 12.5 Å². The van der Waals surface area contributed by atoms with E-state index in [1.165, 1.54) is 0 Å². The fraction of sp³-hybridized carbons (Fsp3) is 0.900. The van der Waals surface area contributed by atoms with Crippen molar-refractivity contribution in [1.82, 2.24) is 10.6 Å². The van der Waals surface area contributed by atoms with E-state index in [2.05, 4.69) is 15.4 Å². The summed E-state index contributed by atoms with van der Waals surface area (Å²) < 4.78 is 28.0. The number of nitrogens with one attached hydrogen (secondary N) is 2. The van der Waals surface area contributed by atoms with Crippen molar-refractivity contribution in [1.29, 1.82) is 0 Å². The Bertz CT molecular complexity index is 209. The highest BCUT2D eigenvalue weighted by Crippen LogP contribution is 2.05. The summed E-state index contributed by atoms with van der Waals surface area (Å²) in [4.78, 5) is 11.2. The molecule has 0 saturated carbocycles. The molecular formula is C10H18F2N2O2. The molecule has 0 aromatic heterocycles.